The predicted octanol–water partition coefficient (Wildman–Crippen LogP) is 2.21. The lowest BCUT2D eigenvalue weighted by Crippen LogP contribution is -2.27. The van der Waals surface area contributed by atoms with Crippen LogP contribution >= 0.6 is 0 Å². The molecule has 0 saturated heterocycles. The summed E-state index contributed by atoms with van der Waals surface area (Å²) in [7, 11) is 0.677. The molecule has 0 aliphatic carbocycles. The third-order valence-corrected chi connectivity index (χ3v) is 2.23. The summed E-state index contributed by atoms with van der Waals surface area (Å²) in [5.41, 5.74) is 0.316. The Bertz CT molecular complexity index is 130. The van der Waals surface area contributed by atoms with Crippen LogP contribution < -0.4 is 0 Å². The molecule has 0 bridgehead atoms. The molecule has 0 aliphatic rings. The first-order valence-electron chi connectivity index (χ1n) is 4.58. The molecule has 0 rings (SSSR count). The lowest BCUT2D eigenvalue weighted by Gasteiger charge is -2.21. The summed E-state index contributed by atoms with van der Waals surface area (Å²) < 4.78 is 0. The minimum atomic E-state index is -0.0786. The van der Waals surface area contributed by atoms with Gasteiger partial charge in [-0.15, -0.1) is 0 Å². The Labute approximate surface area is 70.8 Å². The van der Waals surface area contributed by atoms with Crippen molar-refractivity contribution in [3.8, 4) is 0 Å². The highest BCUT2D eigenvalue weighted by Gasteiger charge is 2.24. The van der Waals surface area contributed by atoms with Crippen molar-refractivity contribution in [1.29, 1.82) is 0 Å². The van der Waals surface area contributed by atoms with Gasteiger partial charge in [0, 0.05) is 5.41 Å². The Kier molecular flexibility index (Phi) is 4.47. The quantitative estimate of drug-likeness (QED) is 0.555. The monoisotopic (exact) mass is 154 g/mol. The second-order valence-corrected chi connectivity index (χ2v) is 3.76. The van der Waals surface area contributed by atoms with Crippen LogP contribution in [0.2, 0.25) is 6.82 Å². The predicted molar refractivity (Wildman–Crippen MR) is 51.3 cm³/mol. The summed E-state index contributed by atoms with van der Waals surface area (Å²) in [6, 6.07) is 0. The van der Waals surface area contributed by atoms with Gasteiger partial charge in [0.2, 0.25) is 7.28 Å². The fourth-order valence-corrected chi connectivity index (χ4v) is 1.24. The van der Waals surface area contributed by atoms with E-state index in [0.717, 1.165) is 6.42 Å². The molecule has 0 fully saturated rings. The Hall–Kier alpha value is -0.265. The molecule has 0 heterocycles. The van der Waals surface area contributed by atoms with Crippen LogP contribution in [0.5, 0.6) is 0 Å². The van der Waals surface area contributed by atoms with Crippen LogP contribution in [-0.4, -0.2) is 13.0 Å². The van der Waals surface area contributed by atoms with E-state index in [1.807, 2.05) is 6.82 Å². The van der Waals surface area contributed by atoms with Crippen LogP contribution in [0, 0.1) is 5.41 Å². The summed E-state index contributed by atoms with van der Waals surface area (Å²) in [4.78, 5) is 11.3. The van der Waals surface area contributed by atoms with Gasteiger partial charge in [-0.2, -0.15) is 0 Å². The zero-order valence-corrected chi connectivity index (χ0v) is 8.24. The lowest BCUT2D eigenvalue weighted by atomic mass is 9.63. The van der Waals surface area contributed by atoms with Gasteiger partial charge < -0.3 is 4.79 Å². The molecule has 11 heavy (non-hydrogen) atoms. The molecule has 0 amide bonds. The number of hydrogen-bond acceptors (Lipinski definition) is 1. The molecule has 0 spiro atoms. The molecule has 0 atom stereocenters. The highest BCUT2D eigenvalue weighted by atomic mass is 16.1. The van der Waals surface area contributed by atoms with E-state index in [4.69, 9.17) is 0 Å². The van der Waals surface area contributed by atoms with Crippen LogP contribution in [0.25, 0.3) is 0 Å². The Morgan fingerprint density at radius 2 is 2.00 bits per heavy atom. The molecule has 0 aromatic rings. The fraction of sp³-hybridized carbons (Fsp3) is 0.889. The van der Waals surface area contributed by atoms with Crippen LogP contribution in [0.15, 0.2) is 0 Å². The van der Waals surface area contributed by atoms with E-state index in [1.165, 1.54) is 12.8 Å². The number of carbonyl (C=O) groups is 1. The maximum atomic E-state index is 11.3. The second kappa shape index (κ2) is 4.58. The van der Waals surface area contributed by atoms with Gasteiger partial charge in [-0.3, -0.25) is 0 Å². The van der Waals surface area contributed by atoms with Crippen LogP contribution in [0.4, 0.5) is 0 Å². The molecule has 0 radical (unpaired) electrons. The first-order chi connectivity index (χ1) is 5.04. The summed E-state index contributed by atoms with van der Waals surface area (Å²) >= 11 is 0. The normalized spacial score (nSPS) is 11.3. The first kappa shape index (κ1) is 10.7. The summed E-state index contributed by atoms with van der Waals surface area (Å²) in [6.45, 7) is 8.20. The Morgan fingerprint density at radius 1 is 1.45 bits per heavy atom. The standard InChI is InChI=1S/C9H19BO/c1-5-6-7-9(2,3)8(11)10-4/h10H,5-7H2,1-4H3. The highest BCUT2D eigenvalue weighted by Crippen LogP contribution is 2.23. The van der Waals surface area contributed by atoms with Crippen LogP contribution in [-0.2, 0) is 4.79 Å². The molecule has 0 N–H and O–H groups in total. The van der Waals surface area contributed by atoms with Crippen molar-refractivity contribution in [2.24, 2.45) is 5.41 Å². The molecular formula is C9H19BO. The summed E-state index contributed by atoms with van der Waals surface area (Å²) in [5, 5.41) is 0. The van der Waals surface area contributed by atoms with Gasteiger partial charge >= 0.3 is 0 Å². The summed E-state index contributed by atoms with van der Waals surface area (Å²) in [6.07, 6.45) is 3.38. The van der Waals surface area contributed by atoms with Crippen molar-refractivity contribution >= 4 is 13.0 Å². The van der Waals surface area contributed by atoms with E-state index in [0.29, 0.717) is 13.0 Å². The molecule has 64 valence electrons. The van der Waals surface area contributed by atoms with E-state index in [1.54, 1.807) is 0 Å². The van der Waals surface area contributed by atoms with Crippen molar-refractivity contribution in [2.75, 3.05) is 0 Å². The van der Waals surface area contributed by atoms with E-state index in [2.05, 4.69) is 20.8 Å². The number of unbranched alkanes of at least 4 members (excludes halogenated alkanes) is 1. The number of hydrogen-bond donors (Lipinski definition) is 0. The second-order valence-electron chi connectivity index (χ2n) is 3.76. The first-order valence-corrected chi connectivity index (χ1v) is 4.58. The number of carbonyl (C=O) groups excluding carboxylic acids is 1. The zero-order valence-electron chi connectivity index (χ0n) is 8.24. The van der Waals surface area contributed by atoms with Gasteiger partial charge in [0.15, 0.2) is 0 Å². The van der Waals surface area contributed by atoms with Crippen molar-refractivity contribution in [1.82, 2.24) is 0 Å². The molecule has 0 saturated carbocycles. The van der Waals surface area contributed by atoms with Gasteiger partial charge in [0.1, 0.15) is 0 Å². The van der Waals surface area contributed by atoms with Crippen molar-refractivity contribution < 1.29 is 4.79 Å². The third kappa shape index (κ3) is 3.59. The molecular weight excluding hydrogens is 135 g/mol. The minimum Gasteiger partial charge on any atom is -0.311 e. The fourth-order valence-electron chi connectivity index (χ4n) is 1.24. The van der Waals surface area contributed by atoms with Gasteiger partial charge in [0.05, 0.1) is 5.68 Å². The van der Waals surface area contributed by atoms with Crippen LogP contribution in [0.1, 0.15) is 40.0 Å². The number of rotatable bonds is 5. The molecule has 1 nitrogen and oxygen atoms in total. The van der Waals surface area contributed by atoms with E-state index in [9.17, 15) is 4.79 Å². The average molecular weight is 154 g/mol. The molecule has 0 aromatic heterocycles. The largest absolute Gasteiger partial charge is 0.311 e. The Balaban J connectivity index is 3.88. The van der Waals surface area contributed by atoms with Gasteiger partial charge in [-0.05, 0) is 6.42 Å². The van der Waals surface area contributed by atoms with Crippen molar-refractivity contribution in [3.05, 3.63) is 0 Å². The van der Waals surface area contributed by atoms with Gasteiger partial charge in [-0.25, -0.2) is 0 Å². The molecule has 0 unspecified atom stereocenters. The van der Waals surface area contributed by atoms with Gasteiger partial charge in [-0.1, -0.05) is 40.4 Å². The average Bonchev–Trinajstić information content (AvgIpc) is 1.99. The molecule has 0 aliphatic heterocycles. The third-order valence-electron chi connectivity index (χ3n) is 2.23. The topological polar surface area (TPSA) is 17.1 Å². The van der Waals surface area contributed by atoms with Crippen molar-refractivity contribution in [3.63, 3.8) is 0 Å². The maximum absolute atomic E-state index is 11.3. The minimum absolute atomic E-state index is 0.0786. The highest BCUT2D eigenvalue weighted by molar-refractivity contribution is 6.73. The smallest absolute Gasteiger partial charge is 0.202 e. The van der Waals surface area contributed by atoms with Crippen molar-refractivity contribution in [2.45, 2.75) is 46.9 Å². The molecule has 2 heteroatoms. The lowest BCUT2D eigenvalue weighted by molar-refractivity contribution is -0.119. The van der Waals surface area contributed by atoms with E-state index >= 15 is 0 Å². The zero-order chi connectivity index (χ0) is 8.91. The van der Waals surface area contributed by atoms with Gasteiger partial charge in [0.25, 0.3) is 0 Å². The van der Waals surface area contributed by atoms with E-state index < -0.39 is 0 Å². The summed E-state index contributed by atoms with van der Waals surface area (Å²) in [5.74, 6) is 0. The van der Waals surface area contributed by atoms with E-state index in [-0.39, 0.29) is 5.41 Å². The molecule has 0 aromatic carbocycles. The Morgan fingerprint density at radius 3 is 2.36 bits per heavy atom. The SMILES string of the molecule is CBC(=O)C(C)(C)CCCC. The van der Waals surface area contributed by atoms with Crippen LogP contribution in [0.3, 0.4) is 0 Å². The maximum Gasteiger partial charge on any atom is 0.202 e.